The van der Waals surface area contributed by atoms with Crippen molar-refractivity contribution in [2.45, 2.75) is 111 Å². The van der Waals surface area contributed by atoms with E-state index in [9.17, 15) is 28.4 Å². The van der Waals surface area contributed by atoms with E-state index in [0.717, 1.165) is 54.8 Å². The lowest BCUT2D eigenvalue weighted by atomic mass is 9.86. The number of benzene rings is 1. The fourth-order valence-electron chi connectivity index (χ4n) is 11.0. The van der Waals surface area contributed by atoms with Gasteiger partial charge in [0, 0.05) is 106 Å². The van der Waals surface area contributed by atoms with E-state index < -0.39 is 6.04 Å². The number of fused-ring (bicyclic) bond motifs is 4. The van der Waals surface area contributed by atoms with Gasteiger partial charge in [-0.15, -0.1) is 0 Å². The van der Waals surface area contributed by atoms with Gasteiger partial charge in [0.2, 0.25) is 5.91 Å². The third-order valence-electron chi connectivity index (χ3n) is 14.8. The summed E-state index contributed by atoms with van der Waals surface area (Å²) in [5.41, 5.74) is 4.86. The number of aryl methyl sites for hydroxylation is 1. The molecule has 2 aliphatic heterocycles. The predicted octanol–water partition coefficient (Wildman–Crippen LogP) is 6.39. The molecule has 3 aromatic rings. The summed E-state index contributed by atoms with van der Waals surface area (Å²) in [7, 11) is 4.27. The van der Waals surface area contributed by atoms with Crippen LogP contribution in [0.25, 0.3) is 11.6 Å². The van der Waals surface area contributed by atoms with Gasteiger partial charge in [-0.05, 0) is 94.7 Å². The van der Waals surface area contributed by atoms with Gasteiger partial charge < -0.3 is 38.9 Å². The van der Waals surface area contributed by atoms with Crippen molar-refractivity contribution in [3.05, 3.63) is 128 Å². The number of hydrogen-bond donors (Lipinski definition) is 2. The van der Waals surface area contributed by atoms with Crippen LogP contribution < -0.4 is 20.6 Å². The van der Waals surface area contributed by atoms with Gasteiger partial charge in [-0.2, -0.15) is 5.10 Å². The normalized spacial score (nSPS) is 20.6. The smallest absolute Gasteiger partial charge is 0.260 e. The molecular weight excluding hydrogens is 1000 g/mol. The number of rotatable bonds is 22. The molecule has 8 rings (SSSR count). The molecule has 78 heavy (non-hydrogen) atoms. The van der Waals surface area contributed by atoms with Crippen LogP contribution in [0.5, 0.6) is 5.75 Å². The maximum atomic E-state index is 16.9. The van der Waals surface area contributed by atoms with Gasteiger partial charge in [0.1, 0.15) is 23.6 Å². The number of nitrogens with zero attached hydrogens (tertiary/aromatic N) is 6. The van der Waals surface area contributed by atoms with Crippen LogP contribution in [0, 0.1) is 18.8 Å². The molecule has 1 fully saturated rings. The van der Waals surface area contributed by atoms with Crippen LogP contribution in [0.1, 0.15) is 114 Å². The van der Waals surface area contributed by atoms with Crippen LogP contribution in [0.15, 0.2) is 78.1 Å². The van der Waals surface area contributed by atoms with E-state index in [1.54, 1.807) is 47.2 Å². The number of hydrogen-bond acceptors (Lipinski definition) is 12. The Balaban J connectivity index is 0.00000240. The Morgan fingerprint density at radius 3 is 2.54 bits per heavy atom. The van der Waals surface area contributed by atoms with Crippen LogP contribution in [-0.2, 0) is 56.5 Å². The minimum absolute atomic E-state index is 0.0528. The summed E-state index contributed by atoms with van der Waals surface area (Å²) in [6.45, 7) is 10.5. The lowest BCUT2D eigenvalue weighted by Gasteiger charge is -2.35. The minimum Gasteiger partial charge on any atom is -0.497 e. The standard InChI is InChI=1S/C57H69F2N7O8.C2H6.CH4O/c1-39-54(50-37-72-31-28-66(50)61-39)55-47(59)18-10-17-45-44(16-6-7-30-73-51-20-5-4-12-40-32-41(51)13-8-15-43(58)33-40)49(36-69)65(56(45)55)27-24-63-22-25-64(26-23-63)53(70)38-74-52-21-9-14-42(35-68)46(52)34-62(3)48(19-11-29-67)57(71)60-2;2*1-2/h4-5,8-9,13-14,17-18,20-21,29,33,35-36,40-41,48H,6-7,10-12,15-16,19,22-28,30-32,34,37-38H2,1-3H3,(H,60,71);1-2H3;2H,1H3/b5-4-,13-8-,43-33+,51-20+;;. The van der Waals surface area contributed by atoms with E-state index in [1.807, 2.05) is 54.3 Å². The number of halogens is 2. The molecular formula is C60H79F2N7O9. The van der Waals surface area contributed by atoms with Gasteiger partial charge in [0.25, 0.3) is 5.91 Å². The lowest BCUT2D eigenvalue weighted by Crippen LogP contribution is -2.50. The molecule has 3 unspecified atom stereocenters. The molecule has 2 amide bonds. The summed E-state index contributed by atoms with van der Waals surface area (Å²) in [6, 6.07) is 4.41. The number of carbonyl (C=O) groups is 5. The number of allylic oxidation sites excluding steroid dienone is 9. The molecule has 422 valence electrons. The Kier molecular flexibility index (Phi) is 23.7. The number of amides is 2. The summed E-state index contributed by atoms with van der Waals surface area (Å²) in [4.78, 5) is 68.9. The molecule has 2 aromatic heterocycles. The molecule has 1 saturated heterocycles. The van der Waals surface area contributed by atoms with Crippen molar-refractivity contribution < 1.29 is 52.1 Å². The monoisotopic (exact) mass is 1080 g/mol. The van der Waals surface area contributed by atoms with Gasteiger partial charge in [0.15, 0.2) is 19.2 Å². The fraction of sp³-hybridized carbons (Fsp3) is 0.500. The first-order valence-electron chi connectivity index (χ1n) is 27.5. The zero-order valence-electron chi connectivity index (χ0n) is 46.3. The number of ether oxygens (including phenoxy) is 3. The highest BCUT2D eigenvalue weighted by Crippen LogP contribution is 2.33. The van der Waals surface area contributed by atoms with Crippen LogP contribution in [0.4, 0.5) is 8.78 Å². The first kappa shape index (κ1) is 60.6. The molecule has 1 aromatic carbocycles. The van der Waals surface area contributed by atoms with Gasteiger partial charge >= 0.3 is 0 Å². The molecule has 5 aliphatic rings. The number of aliphatic hydroxyl groups is 1. The molecule has 4 heterocycles. The summed E-state index contributed by atoms with van der Waals surface area (Å²) in [6.07, 6.45) is 22.4. The molecule has 0 spiro atoms. The van der Waals surface area contributed by atoms with E-state index in [2.05, 4.69) is 22.4 Å². The van der Waals surface area contributed by atoms with E-state index in [1.165, 1.54) is 7.05 Å². The van der Waals surface area contributed by atoms with Crippen LogP contribution in [0.2, 0.25) is 0 Å². The average molecular weight is 1080 g/mol. The number of unbranched alkanes of at least 4 members (excludes halogenated alkanes) is 1. The highest BCUT2D eigenvalue weighted by atomic mass is 19.1. The SMILES string of the molecule is CC.CNC(=O)C(CCC=O)N(C)Cc1c(C=O)cccc1OCC(=O)N1CCN(CCn2c(C=O)c(CCCCO/C3=C/C=C\CC4/C=C(/F)C/C=C\C3C4)c3c2=C(c2c(C)nn4c2COCC4)C(F)=CCC=3)CC1.CO. The Labute approximate surface area is 457 Å². The summed E-state index contributed by atoms with van der Waals surface area (Å²) < 4.78 is 53.5. The van der Waals surface area contributed by atoms with Crippen molar-refractivity contribution in [1.29, 1.82) is 0 Å². The number of likely N-dealkylation sites (N-methyl/N-ethyl adjacent to an activating group) is 2. The van der Waals surface area contributed by atoms with Crippen LogP contribution in [0.3, 0.4) is 0 Å². The number of aldehydes is 3. The van der Waals surface area contributed by atoms with E-state index in [4.69, 9.17) is 24.4 Å². The Morgan fingerprint density at radius 1 is 1.00 bits per heavy atom. The van der Waals surface area contributed by atoms with Crippen molar-refractivity contribution in [1.82, 2.24) is 34.4 Å². The summed E-state index contributed by atoms with van der Waals surface area (Å²) >= 11 is 0. The van der Waals surface area contributed by atoms with Gasteiger partial charge in [0.05, 0.1) is 60.7 Å². The first-order chi connectivity index (χ1) is 38.0. The predicted molar refractivity (Wildman–Crippen MR) is 296 cm³/mol. The van der Waals surface area contributed by atoms with Crippen molar-refractivity contribution in [3.63, 3.8) is 0 Å². The molecule has 0 radical (unpaired) electrons. The average Bonchev–Trinajstić information content (AvgIpc) is 4.00. The quantitative estimate of drug-likeness (QED) is 0.0646. The first-order valence-corrected chi connectivity index (χ1v) is 27.5. The topological polar surface area (TPSA) is 178 Å². The van der Waals surface area contributed by atoms with Crippen LogP contribution >= 0.6 is 0 Å². The maximum Gasteiger partial charge on any atom is 0.260 e. The minimum atomic E-state index is -0.622. The molecule has 2 bridgehead atoms. The lowest BCUT2D eigenvalue weighted by molar-refractivity contribution is -0.135. The Hall–Kier alpha value is -6.60. The van der Waals surface area contributed by atoms with Crippen molar-refractivity contribution in [3.8, 4) is 5.75 Å². The van der Waals surface area contributed by atoms with Gasteiger partial charge in [-0.3, -0.25) is 33.7 Å². The third-order valence-corrected chi connectivity index (χ3v) is 14.8. The largest absolute Gasteiger partial charge is 0.497 e. The number of aromatic nitrogens is 3. The zero-order valence-corrected chi connectivity index (χ0v) is 46.3. The number of nitrogens with one attached hydrogen (secondary N) is 1. The molecule has 3 aliphatic carbocycles. The Bertz CT molecular complexity index is 2860. The molecule has 3 atom stereocenters. The molecule has 18 heteroatoms. The van der Waals surface area contributed by atoms with E-state index in [-0.39, 0.29) is 67.9 Å². The van der Waals surface area contributed by atoms with Crippen molar-refractivity contribution >= 4 is 42.3 Å². The summed E-state index contributed by atoms with van der Waals surface area (Å²) in [5, 5.41) is 15.9. The maximum absolute atomic E-state index is 16.9. The van der Waals surface area contributed by atoms with Gasteiger partial charge in [-0.1, -0.05) is 56.4 Å². The van der Waals surface area contributed by atoms with Crippen molar-refractivity contribution in [2.75, 3.05) is 73.7 Å². The number of carbonyl (C=O) groups excluding carboxylic acids is 5. The second-order valence-electron chi connectivity index (χ2n) is 19.6. The second-order valence-corrected chi connectivity index (χ2v) is 19.6. The van der Waals surface area contributed by atoms with Crippen LogP contribution in [-0.4, -0.2) is 145 Å². The van der Waals surface area contributed by atoms with Crippen molar-refractivity contribution in [2.24, 2.45) is 11.8 Å². The number of aliphatic hydroxyl groups excluding tert-OH is 1. The Morgan fingerprint density at radius 2 is 1.79 bits per heavy atom. The number of piperazine rings is 1. The highest BCUT2D eigenvalue weighted by Gasteiger charge is 2.30. The second kappa shape index (κ2) is 30.5. The van der Waals surface area contributed by atoms with E-state index in [0.29, 0.717) is 142 Å². The molecule has 2 N–H and O–H groups in total. The van der Waals surface area contributed by atoms with Gasteiger partial charge in [-0.25, -0.2) is 8.78 Å². The van der Waals surface area contributed by atoms with E-state index >= 15 is 4.39 Å². The molecule has 0 saturated carbocycles. The highest BCUT2D eigenvalue weighted by molar-refractivity contribution is 5.84. The third kappa shape index (κ3) is 14.9. The zero-order chi connectivity index (χ0) is 56.1. The molecule has 16 nitrogen and oxygen atoms in total. The summed E-state index contributed by atoms with van der Waals surface area (Å²) in [5.74, 6) is 0.419. The fourth-order valence-corrected chi connectivity index (χ4v) is 11.0.